The predicted octanol–water partition coefficient (Wildman–Crippen LogP) is 2.58. The van der Waals surface area contributed by atoms with Crippen molar-refractivity contribution in [1.82, 2.24) is 9.80 Å². The molecule has 0 aromatic heterocycles. The molecule has 1 saturated heterocycles. The zero-order valence-electron chi connectivity index (χ0n) is 12.4. The first-order valence-electron chi connectivity index (χ1n) is 6.95. The standard InChI is InChI=1S/C15H23ClN2O2/c1-17-6-4-13(5-7-17)18(2)10-11-8-12(16)9-14(20-3)15(11)19/h8-9,13,19H,4-7,10H2,1-3H3. The highest BCUT2D eigenvalue weighted by Crippen LogP contribution is 2.34. The van der Waals surface area contributed by atoms with Crippen LogP contribution in [0.5, 0.6) is 11.5 Å². The fourth-order valence-electron chi connectivity index (χ4n) is 2.74. The number of likely N-dealkylation sites (tertiary alicyclic amines) is 1. The second-order valence-corrected chi connectivity index (χ2v) is 6.00. The number of hydrogen-bond donors (Lipinski definition) is 1. The summed E-state index contributed by atoms with van der Waals surface area (Å²) in [5.74, 6) is 0.626. The molecule has 4 nitrogen and oxygen atoms in total. The van der Waals surface area contributed by atoms with Crippen molar-refractivity contribution in [3.63, 3.8) is 0 Å². The van der Waals surface area contributed by atoms with E-state index in [0.717, 1.165) is 31.5 Å². The maximum Gasteiger partial charge on any atom is 0.162 e. The molecule has 20 heavy (non-hydrogen) atoms. The maximum absolute atomic E-state index is 10.2. The van der Waals surface area contributed by atoms with Crippen LogP contribution in [-0.4, -0.2) is 55.2 Å². The Hall–Kier alpha value is -0.970. The van der Waals surface area contributed by atoms with E-state index in [4.69, 9.17) is 16.3 Å². The average molecular weight is 299 g/mol. The van der Waals surface area contributed by atoms with Crippen LogP contribution in [0, 0.1) is 0 Å². The molecule has 0 radical (unpaired) electrons. The van der Waals surface area contributed by atoms with Crippen molar-refractivity contribution >= 4 is 11.6 Å². The first kappa shape index (κ1) is 15.4. The Morgan fingerprint density at radius 2 is 2.05 bits per heavy atom. The summed E-state index contributed by atoms with van der Waals surface area (Å²) in [6.45, 7) is 2.93. The lowest BCUT2D eigenvalue weighted by molar-refractivity contribution is 0.138. The largest absolute Gasteiger partial charge is 0.504 e. The van der Waals surface area contributed by atoms with Gasteiger partial charge in [0, 0.05) is 29.2 Å². The molecule has 0 amide bonds. The second-order valence-electron chi connectivity index (χ2n) is 5.57. The monoisotopic (exact) mass is 298 g/mol. The van der Waals surface area contributed by atoms with Gasteiger partial charge in [-0.1, -0.05) is 11.6 Å². The molecule has 1 fully saturated rings. The van der Waals surface area contributed by atoms with Gasteiger partial charge < -0.3 is 14.7 Å². The molecule has 1 aromatic carbocycles. The van der Waals surface area contributed by atoms with Crippen molar-refractivity contribution in [3.8, 4) is 11.5 Å². The minimum Gasteiger partial charge on any atom is -0.504 e. The molecule has 0 spiro atoms. The number of phenols is 1. The van der Waals surface area contributed by atoms with Crippen LogP contribution in [0.3, 0.4) is 0 Å². The Balaban J connectivity index is 2.07. The van der Waals surface area contributed by atoms with Gasteiger partial charge in [-0.15, -0.1) is 0 Å². The molecule has 0 unspecified atom stereocenters. The van der Waals surface area contributed by atoms with E-state index in [-0.39, 0.29) is 5.75 Å². The third-order valence-electron chi connectivity index (χ3n) is 4.07. The number of halogens is 1. The van der Waals surface area contributed by atoms with Crippen LogP contribution in [0.1, 0.15) is 18.4 Å². The third kappa shape index (κ3) is 3.57. The molecule has 5 heteroatoms. The fourth-order valence-corrected chi connectivity index (χ4v) is 2.97. The van der Waals surface area contributed by atoms with E-state index in [9.17, 15) is 5.11 Å². The smallest absolute Gasteiger partial charge is 0.162 e. The maximum atomic E-state index is 10.2. The molecule has 1 aliphatic rings. The first-order chi connectivity index (χ1) is 9.51. The Bertz CT molecular complexity index is 459. The van der Waals surface area contributed by atoms with E-state index in [2.05, 4.69) is 23.9 Å². The summed E-state index contributed by atoms with van der Waals surface area (Å²) in [7, 11) is 5.79. The summed E-state index contributed by atoms with van der Waals surface area (Å²) < 4.78 is 5.15. The first-order valence-corrected chi connectivity index (χ1v) is 7.33. The highest BCUT2D eigenvalue weighted by atomic mass is 35.5. The zero-order chi connectivity index (χ0) is 14.7. The molecule has 2 rings (SSSR count). The number of hydrogen-bond acceptors (Lipinski definition) is 4. The number of phenolic OH excluding ortho intramolecular Hbond substituents is 1. The minimum atomic E-state index is 0.191. The lowest BCUT2D eigenvalue weighted by atomic mass is 10.0. The number of aromatic hydroxyl groups is 1. The van der Waals surface area contributed by atoms with Crippen LogP contribution in [-0.2, 0) is 6.54 Å². The highest BCUT2D eigenvalue weighted by Gasteiger charge is 2.22. The number of rotatable bonds is 4. The summed E-state index contributed by atoms with van der Waals surface area (Å²) in [4.78, 5) is 4.64. The van der Waals surface area contributed by atoms with Crippen molar-refractivity contribution in [1.29, 1.82) is 0 Å². The van der Waals surface area contributed by atoms with E-state index < -0.39 is 0 Å². The average Bonchev–Trinajstić information content (AvgIpc) is 2.43. The number of piperidine rings is 1. The van der Waals surface area contributed by atoms with Crippen molar-refractivity contribution < 1.29 is 9.84 Å². The van der Waals surface area contributed by atoms with Gasteiger partial charge in [-0.2, -0.15) is 0 Å². The molecule has 1 N–H and O–H groups in total. The van der Waals surface area contributed by atoms with Crippen molar-refractivity contribution in [2.75, 3.05) is 34.3 Å². The molecular formula is C15H23ClN2O2. The van der Waals surface area contributed by atoms with Crippen LogP contribution < -0.4 is 4.74 Å². The summed E-state index contributed by atoms with van der Waals surface area (Å²) in [6.07, 6.45) is 2.32. The molecule has 0 bridgehead atoms. The number of methoxy groups -OCH3 is 1. The van der Waals surface area contributed by atoms with E-state index >= 15 is 0 Å². The summed E-state index contributed by atoms with van der Waals surface area (Å²) in [5, 5.41) is 10.8. The molecular weight excluding hydrogens is 276 g/mol. The number of benzene rings is 1. The Morgan fingerprint density at radius 1 is 1.40 bits per heavy atom. The molecule has 112 valence electrons. The quantitative estimate of drug-likeness (QED) is 0.927. The molecule has 1 aromatic rings. The summed E-state index contributed by atoms with van der Waals surface area (Å²) in [6, 6.07) is 4.00. The van der Waals surface area contributed by atoms with Crippen LogP contribution in [0.15, 0.2) is 12.1 Å². The van der Waals surface area contributed by atoms with E-state index in [0.29, 0.717) is 23.4 Å². The van der Waals surface area contributed by atoms with Crippen molar-refractivity contribution in [3.05, 3.63) is 22.7 Å². The third-order valence-corrected chi connectivity index (χ3v) is 4.29. The highest BCUT2D eigenvalue weighted by molar-refractivity contribution is 6.30. The van der Waals surface area contributed by atoms with E-state index in [1.165, 1.54) is 7.11 Å². The Kier molecular flexibility index (Phi) is 5.13. The molecule has 0 atom stereocenters. The zero-order valence-corrected chi connectivity index (χ0v) is 13.2. The lowest BCUT2D eigenvalue weighted by Crippen LogP contribution is -2.41. The van der Waals surface area contributed by atoms with Gasteiger partial charge in [-0.05, 0) is 46.1 Å². The topological polar surface area (TPSA) is 35.9 Å². The van der Waals surface area contributed by atoms with Gasteiger partial charge in [0.25, 0.3) is 0 Å². The van der Waals surface area contributed by atoms with Crippen LogP contribution in [0.4, 0.5) is 0 Å². The molecule has 1 heterocycles. The Labute approximate surface area is 125 Å². The van der Waals surface area contributed by atoms with Crippen molar-refractivity contribution in [2.45, 2.75) is 25.4 Å². The van der Waals surface area contributed by atoms with Crippen LogP contribution >= 0.6 is 11.6 Å². The van der Waals surface area contributed by atoms with Gasteiger partial charge >= 0.3 is 0 Å². The molecule has 1 aliphatic heterocycles. The fraction of sp³-hybridized carbons (Fsp3) is 0.600. The van der Waals surface area contributed by atoms with Crippen molar-refractivity contribution in [2.24, 2.45) is 0 Å². The number of ether oxygens (including phenoxy) is 1. The van der Waals surface area contributed by atoms with Gasteiger partial charge in [0.1, 0.15) is 0 Å². The Morgan fingerprint density at radius 3 is 2.65 bits per heavy atom. The van der Waals surface area contributed by atoms with Gasteiger partial charge in [-0.25, -0.2) is 0 Å². The van der Waals surface area contributed by atoms with Crippen LogP contribution in [0.25, 0.3) is 0 Å². The van der Waals surface area contributed by atoms with Gasteiger partial charge in [0.05, 0.1) is 7.11 Å². The predicted molar refractivity (Wildman–Crippen MR) is 81.7 cm³/mol. The molecule has 0 saturated carbocycles. The summed E-state index contributed by atoms with van der Waals surface area (Å²) in [5.41, 5.74) is 0.816. The minimum absolute atomic E-state index is 0.191. The van der Waals surface area contributed by atoms with Crippen LogP contribution in [0.2, 0.25) is 5.02 Å². The van der Waals surface area contributed by atoms with E-state index in [1.807, 2.05) is 6.07 Å². The summed E-state index contributed by atoms with van der Waals surface area (Å²) >= 11 is 6.07. The number of nitrogens with zero attached hydrogens (tertiary/aromatic N) is 2. The second kappa shape index (κ2) is 6.66. The van der Waals surface area contributed by atoms with Gasteiger partial charge in [0.2, 0.25) is 0 Å². The van der Waals surface area contributed by atoms with Gasteiger partial charge in [-0.3, -0.25) is 4.90 Å². The normalized spacial score (nSPS) is 17.6. The lowest BCUT2D eigenvalue weighted by Gasteiger charge is -2.35. The SMILES string of the molecule is COc1cc(Cl)cc(CN(C)C2CCN(C)CC2)c1O. The van der Waals surface area contributed by atoms with E-state index in [1.54, 1.807) is 6.07 Å². The van der Waals surface area contributed by atoms with Gasteiger partial charge in [0.15, 0.2) is 11.5 Å². The molecule has 0 aliphatic carbocycles.